The number of aromatic nitrogens is 2. The molecule has 0 spiro atoms. The lowest BCUT2D eigenvalue weighted by Crippen LogP contribution is -2.61. The summed E-state index contributed by atoms with van der Waals surface area (Å²) in [4.78, 5) is 31.7. The molecule has 12 nitrogen and oxygen atoms in total. The van der Waals surface area contributed by atoms with Crippen LogP contribution in [0.4, 0.5) is 17.4 Å². The molecule has 1 saturated heterocycles. The molecule has 12 heteroatoms. The second-order valence-corrected chi connectivity index (χ2v) is 8.35. The third kappa shape index (κ3) is 4.12. The Morgan fingerprint density at radius 1 is 1.28 bits per heavy atom. The number of anilines is 3. The van der Waals surface area contributed by atoms with E-state index in [0.29, 0.717) is 33.9 Å². The zero-order valence-corrected chi connectivity index (χ0v) is 19.4. The van der Waals surface area contributed by atoms with Crippen molar-refractivity contribution in [2.45, 2.75) is 18.6 Å². The topological polar surface area (TPSA) is 166 Å². The normalized spacial score (nSPS) is 17.7. The van der Waals surface area contributed by atoms with Gasteiger partial charge in [0.05, 0.1) is 25.6 Å². The summed E-state index contributed by atoms with van der Waals surface area (Å²) in [7, 11) is 1.51. The number of carbonyl (C=O) groups is 2. The SMILES string of the molecule is COc1cc(-c2ccc(N3CCO[C@H]([C@@](C)(O)C(=O)Nc4ccc5c(N)noc5c4)C3=O)o2)ccn1. The van der Waals surface area contributed by atoms with Crippen molar-refractivity contribution >= 4 is 40.2 Å². The second kappa shape index (κ2) is 8.98. The number of fused-ring (bicyclic) bond motifs is 1. The Morgan fingerprint density at radius 3 is 2.92 bits per heavy atom. The molecule has 36 heavy (non-hydrogen) atoms. The number of morpholine rings is 1. The summed E-state index contributed by atoms with van der Waals surface area (Å²) in [5.41, 5.74) is 4.92. The van der Waals surface area contributed by atoms with Crippen LogP contribution in [-0.4, -0.2) is 59.0 Å². The molecular formula is C24H23N5O7. The van der Waals surface area contributed by atoms with Crippen molar-refractivity contribution in [3.05, 3.63) is 48.7 Å². The third-order valence-corrected chi connectivity index (χ3v) is 5.90. The van der Waals surface area contributed by atoms with E-state index in [1.54, 1.807) is 42.6 Å². The van der Waals surface area contributed by atoms with E-state index < -0.39 is 23.5 Å². The molecule has 4 heterocycles. The van der Waals surface area contributed by atoms with E-state index in [9.17, 15) is 14.7 Å². The minimum atomic E-state index is -2.20. The molecule has 1 aliphatic heterocycles. The highest BCUT2D eigenvalue weighted by atomic mass is 16.5. The number of rotatable bonds is 6. The van der Waals surface area contributed by atoms with Crippen molar-refractivity contribution in [3.8, 4) is 17.2 Å². The van der Waals surface area contributed by atoms with E-state index >= 15 is 0 Å². The minimum Gasteiger partial charge on any atom is -0.481 e. The number of nitrogens with zero attached hydrogens (tertiary/aromatic N) is 3. The summed E-state index contributed by atoms with van der Waals surface area (Å²) in [5, 5.41) is 17.9. The van der Waals surface area contributed by atoms with Crippen LogP contribution in [0.2, 0.25) is 0 Å². The van der Waals surface area contributed by atoms with Gasteiger partial charge in [0.1, 0.15) is 5.76 Å². The zero-order valence-electron chi connectivity index (χ0n) is 19.4. The number of nitrogens with two attached hydrogens (primary N) is 1. The molecule has 1 aliphatic rings. The lowest BCUT2D eigenvalue weighted by Gasteiger charge is -2.37. The number of carbonyl (C=O) groups excluding carboxylic acids is 2. The number of hydrogen-bond acceptors (Lipinski definition) is 10. The summed E-state index contributed by atoms with van der Waals surface area (Å²) >= 11 is 0. The standard InChI is InChI=1S/C24H23N5O7/c1-24(32,23(31)27-14-3-4-15-17(12-14)36-28-21(15)25)20-22(30)29(9-10-34-20)19-6-5-16(35-19)13-7-8-26-18(11-13)33-2/h3-8,11-12,20,32H,9-10H2,1-2H3,(H2,25,28)(H,27,31)/t20-,24+/m0/s1. The highest BCUT2D eigenvalue weighted by Crippen LogP contribution is 2.32. The first kappa shape index (κ1) is 23.3. The molecule has 0 radical (unpaired) electrons. The largest absolute Gasteiger partial charge is 0.481 e. The Balaban J connectivity index is 1.33. The maximum Gasteiger partial charge on any atom is 0.262 e. The molecule has 0 aliphatic carbocycles. The van der Waals surface area contributed by atoms with Gasteiger partial charge in [-0.15, -0.1) is 0 Å². The minimum absolute atomic E-state index is 0.0856. The molecule has 1 fully saturated rings. The number of benzene rings is 1. The van der Waals surface area contributed by atoms with Crippen LogP contribution >= 0.6 is 0 Å². The van der Waals surface area contributed by atoms with Crippen LogP contribution in [0.1, 0.15) is 6.92 Å². The van der Waals surface area contributed by atoms with Crippen molar-refractivity contribution in [2.24, 2.45) is 0 Å². The number of ether oxygens (including phenoxy) is 2. The first-order valence-electron chi connectivity index (χ1n) is 11.0. The predicted octanol–water partition coefficient (Wildman–Crippen LogP) is 2.20. The van der Waals surface area contributed by atoms with Gasteiger partial charge in [-0.25, -0.2) is 4.98 Å². The maximum atomic E-state index is 13.3. The van der Waals surface area contributed by atoms with Gasteiger partial charge in [0.2, 0.25) is 11.8 Å². The monoisotopic (exact) mass is 493 g/mol. The number of furan rings is 1. The Bertz CT molecular complexity index is 1440. The number of pyridine rings is 1. The average Bonchev–Trinajstić information content (AvgIpc) is 3.51. The van der Waals surface area contributed by atoms with Gasteiger partial charge in [-0.05, 0) is 31.2 Å². The Hall–Kier alpha value is -4.42. The number of nitrogen functional groups attached to an aromatic ring is 1. The molecule has 2 atom stereocenters. The summed E-state index contributed by atoms with van der Waals surface area (Å²) in [6.45, 7) is 1.49. The van der Waals surface area contributed by atoms with Crippen LogP contribution in [0.25, 0.3) is 22.3 Å². The predicted molar refractivity (Wildman–Crippen MR) is 128 cm³/mol. The van der Waals surface area contributed by atoms with Crippen molar-refractivity contribution in [1.29, 1.82) is 0 Å². The van der Waals surface area contributed by atoms with Gasteiger partial charge < -0.3 is 34.6 Å². The van der Waals surface area contributed by atoms with Crippen molar-refractivity contribution < 1.29 is 33.1 Å². The molecule has 3 aromatic heterocycles. The van der Waals surface area contributed by atoms with Crippen LogP contribution in [0.3, 0.4) is 0 Å². The van der Waals surface area contributed by atoms with Gasteiger partial charge >= 0.3 is 0 Å². The molecule has 0 unspecified atom stereocenters. The summed E-state index contributed by atoms with van der Waals surface area (Å²) < 4.78 is 21.7. The molecule has 186 valence electrons. The maximum absolute atomic E-state index is 13.3. The van der Waals surface area contributed by atoms with Crippen LogP contribution in [0.5, 0.6) is 5.88 Å². The first-order chi connectivity index (χ1) is 17.3. The number of methoxy groups -OCH3 is 1. The molecular weight excluding hydrogens is 470 g/mol. The van der Waals surface area contributed by atoms with Gasteiger partial charge in [-0.3, -0.25) is 14.5 Å². The third-order valence-electron chi connectivity index (χ3n) is 5.90. The van der Waals surface area contributed by atoms with Crippen molar-refractivity contribution in [1.82, 2.24) is 10.1 Å². The van der Waals surface area contributed by atoms with E-state index in [0.717, 1.165) is 0 Å². The summed E-state index contributed by atoms with van der Waals surface area (Å²) in [6, 6.07) is 11.5. The Labute approximate surface area is 204 Å². The molecule has 0 bridgehead atoms. The fraction of sp³-hybridized carbons (Fsp3) is 0.250. The number of hydrogen-bond donors (Lipinski definition) is 3. The van der Waals surface area contributed by atoms with Crippen LogP contribution < -0.4 is 20.7 Å². The quantitative estimate of drug-likeness (QED) is 0.362. The van der Waals surface area contributed by atoms with Crippen molar-refractivity contribution in [3.63, 3.8) is 0 Å². The Morgan fingerprint density at radius 2 is 2.11 bits per heavy atom. The molecule has 4 aromatic rings. The fourth-order valence-corrected chi connectivity index (χ4v) is 3.92. The van der Waals surface area contributed by atoms with E-state index in [4.69, 9.17) is 24.1 Å². The van der Waals surface area contributed by atoms with Gasteiger partial charge in [0.15, 0.2) is 23.1 Å². The highest BCUT2D eigenvalue weighted by Gasteiger charge is 2.49. The van der Waals surface area contributed by atoms with E-state index in [-0.39, 0.29) is 24.9 Å². The molecule has 1 aromatic carbocycles. The molecule has 4 N–H and O–H groups in total. The Kier molecular flexibility index (Phi) is 5.82. The number of aliphatic hydroxyl groups is 1. The fourth-order valence-electron chi connectivity index (χ4n) is 3.92. The van der Waals surface area contributed by atoms with E-state index in [1.807, 2.05) is 0 Å². The van der Waals surface area contributed by atoms with E-state index in [2.05, 4.69) is 15.5 Å². The molecule has 5 rings (SSSR count). The zero-order chi connectivity index (χ0) is 25.4. The second-order valence-electron chi connectivity index (χ2n) is 8.35. The van der Waals surface area contributed by atoms with Gasteiger partial charge in [0, 0.05) is 35.6 Å². The van der Waals surface area contributed by atoms with Gasteiger partial charge in [-0.1, -0.05) is 5.16 Å². The van der Waals surface area contributed by atoms with Crippen LogP contribution in [0.15, 0.2) is 57.6 Å². The van der Waals surface area contributed by atoms with Crippen molar-refractivity contribution in [2.75, 3.05) is 36.2 Å². The summed E-state index contributed by atoms with van der Waals surface area (Å²) in [6.07, 6.45) is 0.113. The average molecular weight is 493 g/mol. The molecule has 2 amide bonds. The lowest BCUT2D eigenvalue weighted by molar-refractivity contribution is -0.165. The van der Waals surface area contributed by atoms with Gasteiger partial charge in [0.25, 0.3) is 11.8 Å². The summed E-state index contributed by atoms with van der Waals surface area (Å²) in [5.74, 6) is -0.0639. The first-order valence-corrected chi connectivity index (χ1v) is 11.0. The van der Waals surface area contributed by atoms with Crippen LogP contribution in [0, 0.1) is 0 Å². The lowest BCUT2D eigenvalue weighted by atomic mass is 9.95. The van der Waals surface area contributed by atoms with Crippen LogP contribution in [-0.2, 0) is 14.3 Å². The smallest absolute Gasteiger partial charge is 0.262 e. The van der Waals surface area contributed by atoms with E-state index in [1.165, 1.54) is 25.0 Å². The number of amides is 2. The molecule has 0 saturated carbocycles. The number of nitrogens with one attached hydrogen (secondary N) is 1. The van der Waals surface area contributed by atoms with Gasteiger partial charge in [-0.2, -0.15) is 0 Å². The highest BCUT2D eigenvalue weighted by molar-refractivity contribution is 6.06.